The molecule has 2 heterocycles. The standard InChI is InChI=1S/C14H20N2O3S/c1-11-5-6-14-13(9-11)16(10-12(2)19-14)20(17,18)15-7-3-4-8-15/h5-6,9,12H,3-4,7-8,10H2,1-2H3. The van der Waals surface area contributed by atoms with Gasteiger partial charge in [0, 0.05) is 13.1 Å². The van der Waals surface area contributed by atoms with Gasteiger partial charge in [-0.25, -0.2) is 0 Å². The van der Waals surface area contributed by atoms with Crippen LogP contribution in [0.5, 0.6) is 5.75 Å². The summed E-state index contributed by atoms with van der Waals surface area (Å²) in [5.41, 5.74) is 1.69. The third-order valence-electron chi connectivity index (χ3n) is 3.80. The summed E-state index contributed by atoms with van der Waals surface area (Å²) in [5.74, 6) is 0.650. The minimum Gasteiger partial charge on any atom is -0.487 e. The zero-order chi connectivity index (χ0) is 14.3. The summed E-state index contributed by atoms with van der Waals surface area (Å²) in [6, 6.07) is 5.68. The SMILES string of the molecule is Cc1ccc2c(c1)N(S(=O)(=O)N1CCCC1)CC(C)O2. The Morgan fingerprint density at radius 1 is 1.25 bits per heavy atom. The van der Waals surface area contributed by atoms with Crippen LogP contribution >= 0.6 is 0 Å². The molecule has 2 aliphatic rings. The van der Waals surface area contributed by atoms with Crippen LogP contribution in [0.2, 0.25) is 0 Å². The van der Waals surface area contributed by atoms with E-state index in [-0.39, 0.29) is 6.10 Å². The first-order valence-corrected chi connectivity index (χ1v) is 8.43. The summed E-state index contributed by atoms with van der Waals surface area (Å²) < 4.78 is 34.4. The van der Waals surface area contributed by atoms with Gasteiger partial charge in [0.2, 0.25) is 0 Å². The van der Waals surface area contributed by atoms with Crippen LogP contribution in [0.25, 0.3) is 0 Å². The molecular formula is C14H20N2O3S. The van der Waals surface area contributed by atoms with Crippen LogP contribution in [-0.2, 0) is 10.2 Å². The average Bonchev–Trinajstić information content (AvgIpc) is 2.93. The second-order valence-electron chi connectivity index (χ2n) is 5.54. The average molecular weight is 296 g/mol. The van der Waals surface area contributed by atoms with Gasteiger partial charge in [0.25, 0.3) is 0 Å². The molecule has 0 spiro atoms. The molecule has 20 heavy (non-hydrogen) atoms. The van der Waals surface area contributed by atoms with Crippen LogP contribution in [0.3, 0.4) is 0 Å². The molecule has 1 fully saturated rings. The molecule has 3 rings (SSSR count). The minimum absolute atomic E-state index is 0.136. The molecule has 6 heteroatoms. The molecule has 1 atom stereocenters. The van der Waals surface area contributed by atoms with Gasteiger partial charge in [-0.2, -0.15) is 12.7 Å². The summed E-state index contributed by atoms with van der Waals surface area (Å²) in [4.78, 5) is 0. The summed E-state index contributed by atoms with van der Waals surface area (Å²) in [6.07, 6.45) is 1.75. The minimum atomic E-state index is -3.44. The second-order valence-corrected chi connectivity index (χ2v) is 7.40. The van der Waals surface area contributed by atoms with E-state index < -0.39 is 10.2 Å². The Morgan fingerprint density at radius 2 is 1.95 bits per heavy atom. The van der Waals surface area contributed by atoms with E-state index in [9.17, 15) is 8.42 Å². The number of anilines is 1. The van der Waals surface area contributed by atoms with Gasteiger partial charge in [-0.05, 0) is 44.4 Å². The van der Waals surface area contributed by atoms with Crippen molar-refractivity contribution < 1.29 is 13.2 Å². The highest BCUT2D eigenvalue weighted by Crippen LogP contribution is 2.37. The molecule has 0 amide bonds. The first-order chi connectivity index (χ1) is 9.48. The van der Waals surface area contributed by atoms with Crippen LogP contribution in [0, 0.1) is 6.92 Å². The number of aryl methyl sites for hydroxylation is 1. The molecule has 1 saturated heterocycles. The van der Waals surface area contributed by atoms with Gasteiger partial charge >= 0.3 is 10.2 Å². The van der Waals surface area contributed by atoms with Crippen LogP contribution in [0.15, 0.2) is 18.2 Å². The van der Waals surface area contributed by atoms with Gasteiger partial charge in [-0.15, -0.1) is 0 Å². The first-order valence-electron chi connectivity index (χ1n) is 7.03. The predicted molar refractivity (Wildman–Crippen MR) is 78.3 cm³/mol. The fraction of sp³-hybridized carbons (Fsp3) is 0.571. The van der Waals surface area contributed by atoms with E-state index in [1.807, 2.05) is 32.0 Å². The molecule has 1 aromatic rings. The Labute approximate surface area is 120 Å². The smallest absolute Gasteiger partial charge is 0.304 e. The summed E-state index contributed by atoms with van der Waals surface area (Å²) >= 11 is 0. The zero-order valence-corrected chi connectivity index (χ0v) is 12.7. The van der Waals surface area contributed by atoms with Crippen molar-refractivity contribution >= 4 is 15.9 Å². The monoisotopic (exact) mass is 296 g/mol. The lowest BCUT2D eigenvalue weighted by Crippen LogP contribution is -2.48. The molecule has 1 aromatic carbocycles. The number of nitrogens with zero attached hydrogens (tertiary/aromatic N) is 2. The van der Waals surface area contributed by atoms with Gasteiger partial charge in [0.1, 0.15) is 11.9 Å². The fourth-order valence-corrected chi connectivity index (χ4v) is 4.57. The van der Waals surface area contributed by atoms with Crippen LogP contribution in [0.1, 0.15) is 25.3 Å². The predicted octanol–water partition coefficient (Wildman–Crippen LogP) is 1.92. The van der Waals surface area contributed by atoms with Crippen molar-refractivity contribution in [1.82, 2.24) is 4.31 Å². The van der Waals surface area contributed by atoms with Crippen molar-refractivity contribution in [2.45, 2.75) is 32.8 Å². The van der Waals surface area contributed by atoms with Gasteiger partial charge < -0.3 is 4.74 Å². The van der Waals surface area contributed by atoms with Crippen molar-refractivity contribution in [3.63, 3.8) is 0 Å². The van der Waals surface area contributed by atoms with Gasteiger partial charge in [-0.1, -0.05) is 6.07 Å². The molecule has 5 nitrogen and oxygen atoms in total. The van der Waals surface area contributed by atoms with E-state index in [2.05, 4.69) is 0 Å². The lowest BCUT2D eigenvalue weighted by molar-refractivity contribution is 0.218. The highest BCUT2D eigenvalue weighted by molar-refractivity contribution is 7.90. The molecule has 0 bridgehead atoms. The Morgan fingerprint density at radius 3 is 2.65 bits per heavy atom. The van der Waals surface area contributed by atoms with Gasteiger partial charge in [0.15, 0.2) is 0 Å². The maximum absolute atomic E-state index is 12.8. The third kappa shape index (κ3) is 2.27. The van der Waals surface area contributed by atoms with Crippen molar-refractivity contribution in [3.8, 4) is 5.75 Å². The lowest BCUT2D eigenvalue weighted by Gasteiger charge is -2.36. The zero-order valence-electron chi connectivity index (χ0n) is 11.9. The normalized spacial score (nSPS) is 23.5. The number of rotatable bonds is 2. The van der Waals surface area contributed by atoms with Gasteiger partial charge in [0.05, 0.1) is 12.2 Å². The maximum atomic E-state index is 12.8. The highest BCUT2D eigenvalue weighted by Gasteiger charge is 2.36. The Balaban J connectivity index is 2.03. The van der Waals surface area contributed by atoms with Gasteiger partial charge in [-0.3, -0.25) is 4.31 Å². The lowest BCUT2D eigenvalue weighted by atomic mass is 10.2. The molecule has 0 aliphatic carbocycles. The van der Waals surface area contributed by atoms with Crippen molar-refractivity contribution in [3.05, 3.63) is 23.8 Å². The Hall–Kier alpha value is -1.27. The number of hydrogen-bond donors (Lipinski definition) is 0. The van der Waals surface area contributed by atoms with E-state index >= 15 is 0 Å². The number of ether oxygens (including phenoxy) is 1. The van der Waals surface area contributed by atoms with E-state index in [0.717, 1.165) is 18.4 Å². The van der Waals surface area contributed by atoms with Crippen LogP contribution in [-0.4, -0.2) is 38.5 Å². The summed E-state index contributed by atoms with van der Waals surface area (Å²) in [5, 5.41) is 0. The van der Waals surface area contributed by atoms with Crippen LogP contribution < -0.4 is 9.04 Å². The molecule has 0 aromatic heterocycles. The van der Waals surface area contributed by atoms with E-state index in [1.54, 1.807) is 4.31 Å². The van der Waals surface area contributed by atoms with Crippen molar-refractivity contribution in [2.24, 2.45) is 0 Å². The molecule has 0 N–H and O–H groups in total. The summed E-state index contributed by atoms with van der Waals surface area (Å²) in [7, 11) is -3.44. The number of hydrogen-bond acceptors (Lipinski definition) is 3. The topological polar surface area (TPSA) is 49.9 Å². The van der Waals surface area contributed by atoms with Crippen LogP contribution in [0.4, 0.5) is 5.69 Å². The maximum Gasteiger partial charge on any atom is 0.304 e. The largest absolute Gasteiger partial charge is 0.487 e. The molecule has 110 valence electrons. The molecule has 2 aliphatic heterocycles. The van der Waals surface area contributed by atoms with E-state index in [0.29, 0.717) is 31.1 Å². The van der Waals surface area contributed by atoms with Crippen molar-refractivity contribution in [1.29, 1.82) is 0 Å². The molecule has 0 saturated carbocycles. The highest BCUT2D eigenvalue weighted by atomic mass is 32.2. The molecular weight excluding hydrogens is 276 g/mol. The third-order valence-corrected chi connectivity index (χ3v) is 5.72. The van der Waals surface area contributed by atoms with E-state index in [4.69, 9.17) is 4.74 Å². The second kappa shape index (κ2) is 4.93. The molecule has 1 unspecified atom stereocenters. The molecule has 0 radical (unpaired) electrons. The number of benzene rings is 1. The fourth-order valence-electron chi connectivity index (χ4n) is 2.78. The Bertz CT molecular complexity index is 609. The van der Waals surface area contributed by atoms with Crippen molar-refractivity contribution in [2.75, 3.05) is 23.9 Å². The quantitative estimate of drug-likeness (QED) is 0.838. The van der Waals surface area contributed by atoms with E-state index in [1.165, 1.54) is 4.31 Å². The number of fused-ring (bicyclic) bond motifs is 1. The first kappa shape index (κ1) is 13.7. The summed E-state index contributed by atoms with van der Waals surface area (Å²) in [6.45, 7) is 5.47. The Kier molecular flexibility index (Phi) is 3.38.